The Kier molecular flexibility index (Phi) is 5.50. The van der Waals surface area contributed by atoms with Crippen LogP contribution in [0.25, 0.3) is 0 Å². The fourth-order valence-electron chi connectivity index (χ4n) is 1.05. The highest BCUT2D eigenvalue weighted by atomic mass is 35.5. The molecule has 0 radical (unpaired) electrons. The van der Waals surface area contributed by atoms with Crippen molar-refractivity contribution >= 4 is 23.1 Å². The molecule has 16 heavy (non-hydrogen) atoms. The average molecular weight is 240 g/mol. The van der Waals surface area contributed by atoms with Crippen molar-refractivity contribution in [1.82, 2.24) is 0 Å². The normalized spacial score (nSPS) is 10.6. The molecule has 86 valence electrons. The number of ketones is 1. The molecule has 0 fully saturated rings. The number of carbonyl (C=O) groups excluding carboxylic acids is 1. The first kappa shape index (κ1) is 12.6. The zero-order chi connectivity index (χ0) is 11.8. The molecule has 0 aromatic heterocycles. The monoisotopic (exact) mass is 239 g/mol. The number of nitrogens with one attached hydrogen (secondary N) is 1. The quantitative estimate of drug-likeness (QED) is 0.272. The van der Waals surface area contributed by atoms with E-state index in [0.717, 1.165) is 12.1 Å². The molecule has 0 atom stereocenters. The highest BCUT2D eigenvalue weighted by Gasteiger charge is 1.97. The van der Waals surface area contributed by atoms with E-state index in [1.165, 1.54) is 6.92 Å². The number of benzene rings is 1. The molecule has 1 aromatic carbocycles. The van der Waals surface area contributed by atoms with Crippen molar-refractivity contribution in [1.29, 1.82) is 0 Å². The van der Waals surface area contributed by atoms with Gasteiger partial charge in [-0.05, 0) is 37.6 Å². The van der Waals surface area contributed by atoms with Gasteiger partial charge in [-0.3, -0.25) is 10.2 Å². The van der Waals surface area contributed by atoms with Crippen LogP contribution in [0.3, 0.4) is 0 Å². The molecule has 0 aliphatic rings. The Balaban J connectivity index is 2.43. The molecule has 0 spiro atoms. The highest BCUT2D eigenvalue weighted by Crippen LogP contribution is 2.09. The molecule has 0 saturated heterocycles. The first-order valence-electron chi connectivity index (χ1n) is 5.03. The van der Waals surface area contributed by atoms with Crippen LogP contribution in [-0.4, -0.2) is 18.2 Å². The average Bonchev–Trinajstić information content (AvgIpc) is 2.29. The van der Waals surface area contributed by atoms with Crippen molar-refractivity contribution in [3.8, 4) is 0 Å². The SMILES string of the molecule is CC(=O)c1ccc(NN=NCCCCl)cc1. The van der Waals surface area contributed by atoms with Gasteiger partial charge in [-0.25, -0.2) is 0 Å². The second kappa shape index (κ2) is 6.95. The predicted molar refractivity (Wildman–Crippen MR) is 65.1 cm³/mol. The van der Waals surface area contributed by atoms with Gasteiger partial charge in [0.2, 0.25) is 0 Å². The molecule has 0 unspecified atom stereocenters. The van der Waals surface area contributed by atoms with Crippen molar-refractivity contribution < 1.29 is 4.79 Å². The lowest BCUT2D eigenvalue weighted by Gasteiger charge is -1.99. The van der Waals surface area contributed by atoms with Crippen LogP contribution < -0.4 is 5.43 Å². The highest BCUT2D eigenvalue weighted by molar-refractivity contribution is 6.17. The summed E-state index contributed by atoms with van der Waals surface area (Å²) in [6.45, 7) is 2.15. The Labute approximate surface area is 99.7 Å². The zero-order valence-corrected chi connectivity index (χ0v) is 9.87. The van der Waals surface area contributed by atoms with Gasteiger partial charge in [0.1, 0.15) is 0 Å². The number of alkyl halides is 1. The maximum atomic E-state index is 11.0. The van der Waals surface area contributed by atoms with Crippen LogP contribution in [-0.2, 0) is 0 Å². The molecule has 1 aromatic rings. The van der Waals surface area contributed by atoms with Crippen molar-refractivity contribution in [2.75, 3.05) is 17.9 Å². The number of hydrogen-bond donors (Lipinski definition) is 1. The number of Topliss-reactive ketones (excluding diaryl/α,β-unsaturated/α-hetero) is 1. The van der Waals surface area contributed by atoms with E-state index in [2.05, 4.69) is 15.8 Å². The predicted octanol–water partition coefficient (Wildman–Crippen LogP) is 3.30. The third-order valence-electron chi connectivity index (χ3n) is 1.93. The van der Waals surface area contributed by atoms with Crippen LogP contribution in [0.2, 0.25) is 0 Å². The summed E-state index contributed by atoms with van der Waals surface area (Å²) in [4.78, 5) is 11.0. The van der Waals surface area contributed by atoms with E-state index < -0.39 is 0 Å². The largest absolute Gasteiger partial charge is 0.295 e. The lowest BCUT2D eigenvalue weighted by atomic mass is 10.1. The molecule has 0 amide bonds. The first-order valence-corrected chi connectivity index (χ1v) is 5.57. The van der Waals surface area contributed by atoms with Gasteiger partial charge in [-0.1, -0.05) is 5.22 Å². The molecule has 0 aliphatic heterocycles. The van der Waals surface area contributed by atoms with Gasteiger partial charge in [-0.15, -0.1) is 11.6 Å². The van der Waals surface area contributed by atoms with Crippen LogP contribution in [0.1, 0.15) is 23.7 Å². The Morgan fingerprint density at radius 2 is 2.06 bits per heavy atom. The minimum Gasteiger partial charge on any atom is -0.295 e. The lowest BCUT2D eigenvalue weighted by Crippen LogP contribution is -1.93. The van der Waals surface area contributed by atoms with Gasteiger partial charge in [0.15, 0.2) is 5.78 Å². The summed E-state index contributed by atoms with van der Waals surface area (Å²) >= 11 is 5.49. The fraction of sp³-hybridized carbons (Fsp3) is 0.364. The summed E-state index contributed by atoms with van der Waals surface area (Å²) in [6, 6.07) is 7.08. The van der Waals surface area contributed by atoms with Crippen molar-refractivity contribution in [3.63, 3.8) is 0 Å². The number of rotatable bonds is 6. The van der Waals surface area contributed by atoms with Crippen LogP contribution in [0.4, 0.5) is 5.69 Å². The van der Waals surface area contributed by atoms with Gasteiger partial charge >= 0.3 is 0 Å². The van der Waals surface area contributed by atoms with E-state index >= 15 is 0 Å². The number of nitrogens with zero attached hydrogens (tertiary/aromatic N) is 2. The summed E-state index contributed by atoms with van der Waals surface area (Å²) in [5.74, 6) is 0.641. The van der Waals surface area contributed by atoms with Gasteiger partial charge < -0.3 is 0 Å². The van der Waals surface area contributed by atoms with Gasteiger partial charge in [0.25, 0.3) is 0 Å². The maximum Gasteiger partial charge on any atom is 0.159 e. The van der Waals surface area contributed by atoms with E-state index in [1.807, 2.05) is 0 Å². The first-order chi connectivity index (χ1) is 7.74. The van der Waals surface area contributed by atoms with E-state index in [9.17, 15) is 4.79 Å². The van der Waals surface area contributed by atoms with Gasteiger partial charge in [0.05, 0.1) is 12.2 Å². The Bertz CT molecular complexity index is 362. The summed E-state index contributed by atoms with van der Waals surface area (Å²) in [5.41, 5.74) is 4.26. The fourth-order valence-corrected chi connectivity index (χ4v) is 1.17. The summed E-state index contributed by atoms with van der Waals surface area (Å²) in [5, 5.41) is 7.66. The summed E-state index contributed by atoms with van der Waals surface area (Å²) < 4.78 is 0. The molecule has 4 nitrogen and oxygen atoms in total. The van der Waals surface area contributed by atoms with Crippen LogP contribution in [0.15, 0.2) is 34.6 Å². The number of halogens is 1. The second-order valence-corrected chi connectivity index (χ2v) is 3.63. The third kappa shape index (κ3) is 4.40. The Morgan fingerprint density at radius 3 is 2.62 bits per heavy atom. The topological polar surface area (TPSA) is 53.8 Å². The number of anilines is 1. The third-order valence-corrected chi connectivity index (χ3v) is 2.20. The van der Waals surface area contributed by atoms with Crippen LogP contribution in [0, 0.1) is 0 Å². The van der Waals surface area contributed by atoms with E-state index in [4.69, 9.17) is 11.6 Å². The van der Waals surface area contributed by atoms with Crippen LogP contribution in [0.5, 0.6) is 0 Å². The summed E-state index contributed by atoms with van der Waals surface area (Å²) in [7, 11) is 0. The molecular formula is C11H14ClN3O. The number of hydrogen-bond acceptors (Lipinski definition) is 3. The minimum atomic E-state index is 0.0512. The van der Waals surface area contributed by atoms with Crippen LogP contribution >= 0.6 is 11.6 Å². The van der Waals surface area contributed by atoms with Crippen molar-refractivity contribution in [3.05, 3.63) is 29.8 Å². The number of carbonyl (C=O) groups is 1. The van der Waals surface area contributed by atoms with E-state index in [-0.39, 0.29) is 5.78 Å². The molecule has 0 saturated carbocycles. The minimum absolute atomic E-state index is 0.0512. The maximum absolute atomic E-state index is 11.0. The molecule has 1 rings (SSSR count). The molecule has 0 aliphatic carbocycles. The molecule has 5 heteroatoms. The van der Waals surface area contributed by atoms with Crippen molar-refractivity contribution in [2.45, 2.75) is 13.3 Å². The zero-order valence-electron chi connectivity index (χ0n) is 9.11. The Morgan fingerprint density at radius 1 is 1.38 bits per heavy atom. The van der Waals surface area contributed by atoms with Gasteiger partial charge in [-0.2, -0.15) is 5.11 Å². The van der Waals surface area contributed by atoms with Gasteiger partial charge in [0, 0.05) is 11.4 Å². The van der Waals surface area contributed by atoms with Crippen molar-refractivity contribution in [2.24, 2.45) is 10.3 Å². The van der Waals surface area contributed by atoms with E-state index in [0.29, 0.717) is 18.0 Å². The standard InChI is InChI=1S/C11H14ClN3O/c1-9(16)10-3-5-11(6-4-10)14-15-13-8-2-7-12/h3-6H,2,7-8H2,1H3,(H,13,14). The Hall–Kier alpha value is -1.42. The molecule has 1 N–H and O–H groups in total. The lowest BCUT2D eigenvalue weighted by molar-refractivity contribution is 0.101. The smallest absolute Gasteiger partial charge is 0.159 e. The van der Waals surface area contributed by atoms with E-state index in [1.54, 1.807) is 24.3 Å². The molecule has 0 bridgehead atoms. The molecule has 0 heterocycles. The second-order valence-electron chi connectivity index (χ2n) is 3.25. The molecular weight excluding hydrogens is 226 g/mol. The summed E-state index contributed by atoms with van der Waals surface area (Å²) in [6.07, 6.45) is 0.815.